The van der Waals surface area contributed by atoms with Gasteiger partial charge in [-0.05, 0) is 69.3 Å². The van der Waals surface area contributed by atoms with Gasteiger partial charge < -0.3 is 14.2 Å². The first-order valence-electron chi connectivity index (χ1n) is 12.7. The highest BCUT2D eigenvalue weighted by molar-refractivity contribution is 6.06. The molecule has 0 aliphatic rings. The number of methoxy groups -OCH3 is 2. The summed E-state index contributed by atoms with van der Waals surface area (Å²) in [5.41, 5.74) is 4.28. The Hall–Kier alpha value is -4.39. The molecule has 0 saturated carbocycles. The molecule has 4 rings (SSSR count). The van der Waals surface area contributed by atoms with Crippen LogP contribution in [0.5, 0.6) is 5.75 Å². The quantitative estimate of drug-likeness (QED) is 0.246. The zero-order valence-corrected chi connectivity index (χ0v) is 23.5. The number of hydrogen-bond donors (Lipinski definition) is 0. The number of rotatable bonds is 6. The summed E-state index contributed by atoms with van der Waals surface area (Å²) in [5.74, 6) is 0.297. The van der Waals surface area contributed by atoms with Gasteiger partial charge in [0.2, 0.25) is 0 Å². The second-order valence-corrected chi connectivity index (χ2v) is 10.4. The van der Waals surface area contributed by atoms with Crippen LogP contribution in [-0.4, -0.2) is 36.9 Å². The first kappa shape index (κ1) is 27.6. The maximum atomic E-state index is 13.8. The molecule has 0 atom stereocenters. The van der Waals surface area contributed by atoms with E-state index in [0.29, 0.717) is 22.5 Å². The SMILES string of the molecule is COC(=O)c1ccccc1-c1cc(N(Cc2ncc(C)c(OC)c2C)C(=O)OC(C)(C)C)c2ccccc2c1. The van der Waals surface area contributed by atoms with Gasteiger partial charge in [0, 0.05) is 22.7 Å². The number of esters is 1. The van der Waals surface area contributed by atoms with Gasteiger partial charge in [-0.1, -0.05) is 42.5 Å². The van der Waals surface area contributed by atoms with Crippen LogP contribution < -0.4 is 9.64 Å². The standard InChI is InChI=1S/C32H34N2O5/c1-20-18-33-27(21(2)29(20)37-6)19-34(31(36)39-32(3,4)5)28-17-23(16-22-12-8-9-14-25(22)28)24-13-10-11-15-26(24)30(35)38-7/h8-18H,19H2,1-7H3. The number of pyridine rings is 1. The molecule has 39 heavy (non-hydrogen) atoms. The maximum absolute atomic E-state index is 13.8. The van der Waals surface area contributed by atoms with E-state index in [-0.39, 0.29) is 6.54 Å². The number of benzene rings is 3. The van der Waals surface area contributed by atoms with Crippen molar-refractivity contribution in [3.8, 4) is 16.9 Å². The molecule has 1 heterocycles. The van der Waals surface area contributed by atoms with Crippen LogP contribution in [0, 0.1) is 13.8 Å². The van der Waals surface area contributed by atoms with Crippen LogP contribution in [0.15, 0.2) is 66.9 Å². The predicted octanol–water partition coefficient (Wildman–Crippen LogP) is 7.26. The van der Waals surface area contributed by atoms with Crippen molar-refractivity contribution >= 4 is 28.5 Å². The van der Waals surface area contributed by atoms with Gasteiger partial charge in [0.05, 0.1) is 37.7 Å². The number of nitrogens with zero attached hydrogens (tertiary/aromatic N) is 2. The second-order valence-electron chi connectivity index (χ2n) is 10.4. The smallest absolute Gasteiger partial charge is 0.415 e. The predicted molar refractivity (Wildman–Crippen MR) is 153 cm³/mol. The molecular weight excluding hydrogens is 492 g/mol. The minimum absolute atomic E-state index is 0.156. The lowest BCUT2D eigenvalue weighted by Gasteiger charge is -2.29. The fourth-order valence-electron chi connectivity index (χ4n) is 4.64. The number of aryl methyl sites for hydroxylation is 1. The molecule has 1 amide bonds. The maximum Gasteiger partial charge on any atom is 0.415 e. The molecule has 0 unspecified atom stereocenters. The van der Waals surface area contributed by atoms with Crippen LogP contribution in [0.3, 0.4) is 0 Å². The molecule has 202 valence electrons. The Kier molecular flexibility index (Phi) is 7.90. The minimum atomic E-state index is -0.715. The Morgan fingerprint density at radius 1 is 0.949 bits per heavy atom. The molecule has 0 aliphatic heterocycles. The molecule has 7 nitrogen and oxygen atoms in total. The van der Waals surface area contributed by atoms with Crippen LogP contribution in [0.25, 0.3) is 21.9 Å². The van der Waals surface area contributed by atoms with Crippen molar-refractivity contribution in [2.24, 2.45) is 0 Å². The van der Waals surface area contributed by atoms with Gasteiger partial charge in [-0.3, -0.25) is 9.88 Å². The Balaban J connectivity index is 1.96. The number of hydrogen-bond acceptors (Lipinski definition) is 6. The molecule has 0 fully saturated rings. The summed E-state index contributed by atoms with van der Waals surface area (Å²) < 4.78 is 16.5. The number of ether oxygens (including phenoxy) is 3. The van der Waals surface area contributed by atoms with E-state index in [1.165, 1.54) is 7.11 Å². The highest BCUT2D eigenvalue weighted by Gasteiger charge is 2.27. The van der Waals surface area contributed by atoms with Gasteiger partial charge in [-0.15, -0.1) is 0 Å². The zero-order chi connectivity index (χ0) is 28.3. The summed E-state index contributed by atoms with van der Waals surface area (Å²) in [6.45, 7) is 9.53. The third-order valence-corrected chi connectivity index (χ3v) is 6.45. The summed E-state index contributed by atoms with van der Waals surface area (Å²) in [6.07, 6.45) is 1.24. The van der Waals surface area contributed by atoms with Gasteiger partial charge in [0.1, 0.15) is 11.4 Å². The van der Waals surface area contributed by atoms with Gasteiger partial charge in [-0.25, -0.2) is 9.59 Å². The number of fused-ring (bicyclic) bond motifs is 1. The molecule has 0 aliphatic carbocycles. The minimum Gasteiger partial charge on any atom is -0.496 e. The van der Waals surface area contributed by atoms with Gasteiger partial charge in [-0.2, -0.15) is 0 Å². The van der Waals surface area contributed by atoms with Crippen molar-refractivity contribution in [2.45, 2.75) is 46.8 Å². The van der Waals surface area contributed by atoms with Gasteiger partial charge >= 0.3 is 12.1 Å². The monoisotopic (exact) mass is 526 g/mol. The van der Waals surface area contributed by atoms with Crippen LogP contribution in [0.1, 0.15) is 48.0 Å². The van der Waals surface area contributed by atoms with Gasteiger partial charge in [0.15, 0.2) is 0 Å². The second kappa shape index (κ2) is 11.2. The third kappa shape index (κ3) is 5.87. The number of carbonyl (C=O) groups excluding carboxylic acids is 2. The lowest BCUT2D eigenvalue weighted by atomic mass is 9.95. The average Bonchev–Trinajstić information content (AvgIpc) is 2.91. The Labute approximate surface area is 229 Å². The highest BCUT2D eigenvalue weighted by Crippen LogP contribution is 2.37. The van der Waals surface area contributed by atoms with E-state index in [9.17, 15) is 9.59 Å². The fraction of sp³-hybridized carbons (Fsp3) is 0.281. The van der Waals surface area contributed by atoms with E-state index >= 15 is 0 Å². The lowest BCUT2D eigenvalue weighted by Crippen LogP contribution is -2.37. The van der Waals surface area contributed by atoms with Crippen molar-refractivity contribution < 1.29 is 23.8 Å². The summed E-state index contributed by atoms with van der Waals surface area (Å²) in [7, 11) is 2.99. The lowest BCUT2D eigenvalue weighted by molar-refractivity contribution is 0.0573. The molecule has 1 aromatic heterocycles. The van der Waals surface area contributed by atoms with E-state index in [1.54, 1.807) is 30.3 Å². The van der Waals surface area contributed by atoms with Crippen LogP contribution >= 0.6 is 0 Å². The summed E-state index contributed by atoms with van der Waals surface area (Å²) in [4.78, 5) is 32.6. The van der Waals surface area contributed by atoms with Crippen molar-refractivity contribution in [3.63, 3.8) is 0 Å². The Bertz CT molecular complexity index is 1540. The number of carbonyl (C=O) groups is 2. The van der Waals surface area contributed by atoms with Crippen molar-refractivity contribution in [1.29, 1.82) is 0 Å². The Morgan fingerprint density at radius 3 is 2.33 bits per heavy atom. The summed E-state index contributed by atoms with van der Waals surface area (Å²) in [5, 5.41) is 1.77. The number of anilines is 1. The molecule has 0 radical (unpaired) electrons. The topological polar surface area (TPSA) is 78.0 Å². The molecule has 0 bridgehead atoms. The van der Waals surface area contributed by atoms with E-state index in [4.69, 9.17) is 14.2 Å². The summed E-state index contributed by atoms with van der Waals surface area (Å²) >= 11 is 0. The summed E-state index contributed by atoms with van der Waals surface area (Å²) in [6, 6.07) is 19.0. The average molecular weight is 527 g/mol. The van der Waals surface area contributed by atoms with Gasteiger partial charge in [0.25, 0.3) is 0 Å². The first-order valence-corrected chi connectivity index (χ1v) is 12.7. The molecule has 7 heteroatoms. The highest BCUT2D eigenvalue weighted by atomic mass is 16.6. The zero-order valence-electron chi connectivity index (χ0n) is 23.5. The molecule has 0 saturated heterocycles. The molecular formula is C32H34N2O5. The molecule has 0 spiro atoms. The van der Waals surface area contributed by atoms with Crippen LogP contribution in [0.4, 0.5) is 10.5 Å². The molecule has 4 aromatic rings. The molecule has 3 aromatic carbocycles. The third-order valence-electron chi connectivity index (χ3n) is 6.45. The van der Waals surface area contributed by atoms with Crippen molar-refractivity contribution in [3.05, 3.63) is 89.2 Å². The Morgan fingerprint density at radius 2 is 1.64 bits per heavy atom. The number of aromatic nitrogens is 1. The van der Waals surface area contributed by atoms with E-state index in [1.807, 2.05) is 83.1 Å². The molecule has 0 N–H and O–H groups in total. The van der Waals surface area contributed by atoms with E-state index < -0.39 is 17.7 Å². The van der Waals surface area contributed by atoms with E-state index in [2.05, 4.69) is 4.98 Å². The van der Waals surface area contributed by atoms with Crippen LogP contribution in [-0.2, 0) is 16.0 Å². The normalized spacial score (nSPS) is 11.3. The fourth-order valence-corrected chi connectivity index (χ4v) is 4.64. The first-order chi connectivity index (χ1) is 18.5. The van der Waals surface area contributed by atoms with Crippen molar-refractivity contribution in [1.82, 2.24) is 4.98 Å². The van der Waals surface area contributed by atoms with E-state index in [0.717, 1.165) is 33.2 Å². The number of amides is 1. The largest absolute Gasteiger partial charge is 0.496 e. The van der Waals surface area contributed by atoms with Crippen LogP contribution in [0.2, 0.25) is 0 Å². The van der Waals surface area contributed by atoms with Crippen molar-refractivity contribution in [2.75, 3.05) is 19.1 Å².